The summed E-state index contributed by atoms with van der Waals surface area (Å²) in [6.45, 7) is 8.08. The minimum absolute atomic E-state index is 0.654. The highest BCUT2D eigenvalue weighted by molar-refractivity contribution is 6.37. The lowest BCUT2D eigenvalue weighted by atomic mass is 9.99. The molecule has 1 aromatic carbocycles. The standard InChI is InChI=1S/C17H18ClN/c1-5-13(4)10-16(18)17(12(2)3)15-8-6-14(11-19)7-9-15/h5-10H,1-4H3/b13-5-,16-10+. The lowest BCUT2D eigenvalue weighted by Gasteiger charge is -2.10. The smallest absolute Gasteiger partial charge is 0.0991 e. The van der Waals surface area contributed by atoms with E-state index in [0.717, 1.165) is 27.3 Å². The molecule has 0 atom stereocenters. The summed E-state index contributed by atoms with van der Waals surface area (Å²) in [4.78, 5) is 0. The van der Waals surface area contributed by atoms with E-state index in [0.29, 0.717) is 5.56 Å². The summed E-state index contributed by atoms with van der Waals surface area (Å²) in [6, 6.07) is 9.61. The van der Waals surface area contributed by atoms with Gasteiger partial charge < -0.3 is 0 Å². The third-order valence-electron chi connectivity index (χ3n) is 2.85. The molecule has 2 heteroatoms. The zero-order chi connectivity index (χ0) is 14.4. The second kappa shape index (κ2) is 6.97. The first kappa shape index (κ1) is 15.3. The van der Waals surface area contributed by atoms with Crippen LogP contribution >= 0.6 is 11.6 Å². The van der Waals surface area contributed by atoms with Crippen LogP contribution in [-0.4, -0.2) is 0 Å². The molecule has 0 amide bonds. The zero-order valence-electron chi connectivity index (χ0n) is 11.8. The number of benzene rings is 1. The normalized spacial score (nSPS) is 12.0. The van der Waals surface area contributed by atoms with Gasteiger partial charge in [0.1, 0.15) is 0 Å². The zero-order valence-corrected chi connectivity index (χ0v) is 12.5. The number of nitrogens with zero attached hydrogens (tertiary/aromatic N) is 1. The van der Waals surface area contributed by atoms with Gasteiger partial charge in [-0.2, -0.15) is 5.26 Å². The van der Waals surface area contributed by atoms with Crippen molar-refractivity contribution in [2.75, 3.05) is 0 Å². The first-order valence-corrected chi connectivity index (χ1v) is 6.56. The van der Waals surface area contributed by atoms with Crippen LogP contribution in [0, 0.1) is 11.3 Å². The summed E-state index contributed by atoms with van der Waals surface area (Å²) in [7, 11) is 0. The van der Waals surface area contributed by atoms with E-state index < -0.39 is 0 Å². The average Bonchev–Trinajstić information content (AvgIpc) is 2.39. The Morgan fingerprint density at radius 1 is 1.16 bits per heavy atom. The molecule has 0 saturated heterocycles. The number of hydrogen-bond acceptors (Lipinski definition) is 1. The molecule has 98 valence electrons. The molecular weight excluding hydrogens is 254 g/mol. The fourth-order valence-corrected chi connectivity index (χ4v) is 2.20. The van der Waals surface area contributed by atoms with Crippen molar-refractivity contribution in [3.63, 3.8) is 0 Å². The van der Waals surface area contributed by atoms with Crippen LogP contribution in [0.1, 0.15) is 38.8 Å². The van der Waals surface area contributed by atoms with Crippen LogP contribution in [0.4, 0.5) is 0 Å². The quantitative estimate of drug-likeness (QED) is 0.672. The molecule has 1 aromatic rings. The van der Waals surface area contributed by atoms with Crippen molar-refractivity contribution in [1.82, 2.24) is 0 Å². The highest BCUT2D eigenvalue weighted by atomic mass is 35.5. The summed E-state index contributed by atoms with van der Waals surface area (Å²) >= 11 is 6.42. The highest BCUT2D eigenvalue weighted by Crippen LogP contribution is 2.30. The predicted octanol–water partition coefficient (Wildman–Crippen LogP) is 5.44. The van der Waals surface area contributed by atoms with Crippen molar-refractivity contribution in [3.05, 3.63) is 63.7 Å². The Hall–Kier alpha value is -1.78. The van der Waals surface area contributed by atoms with Gasteiger partial charge in [0, 0.05) is 5.03 Å². The van der Waals surface area contributed by atoms with Crippen LogP contribution in [0.3, 0.4) is 0 Å². The second-order valence-electron chi connectivity index (χ2n) is 4.59. The Morgan fingerprint density at radius 3 is 2.16 bits per heavy atom. The second-order valence-corrected chi connectivity index (χ2v) is 5.00. The van der Waals surface area contributed by atoms with Gasteiger partial charge in [0.25, 0.3) is 0 Å². The minimum Gasteiger partial charge on any atom is -0.192 e. The molecule has 1 nitrogen and oxygen atoms in total. The maximum atomic E-state index is 8.83. The fraction of sp³-hybridized carbons (Fsp3) is 0.235. The van der Waals surface area contributed by atoms with E-state index in [1.165, 1.54) is 0 Å². The van der Waals surface area contributed by atoms with E-state index in [-0.39, 0.29) is 0 Å². The van der Waals surface area contributed by atoms with Gasteiger partial charge >= 0.3 is 0 Å². The van der Waals surface area contributed by atoms with Crippen molar-refractivity contribution in [1.29, 1.82) is 5.26 Å². The van der Waals surface area contributed by atoms with E-state index >= 15 is 0 Å². The molecule has 0 fully saturated rings. The van der Waals surface area contributed by atoms with Crippen LogP contribution in [-0.2, 0) is 0 Å². The van der Waals surface area contributed by atoms with E-state index in [9.17, 15) is 0 Å². The minimum atomic E-state index is 0.654. The highest BCUT2D eigenvalue weighted by Gasteiger charge is 2.08. The van der Waals surface area contributed by atoms with Crippen LogP contribution in [0.5, 0.6) is 0 Å². The molecule has 0 heterocycles. The first-order valence-electron chi connectivity index (χ1n) is 6.18. The lowest BCUT2D eigenvalue weighted by Crippen LogP contribution is -1.89. The van der Waals surface area contributed by atoms with Crippen LogP contribution in [0.25, 0.3) is 5.57 Å². The lowest BCUT2D eigenvalue weighted by molar-refractivity contribution is 1.37. The third-order valence-corrected chi connectivity index (χ3v) is 3.15. The monoisotopic (exact) mass is 271 g/mol. The number of allylic oxidation sites excluding steroid dienone is 6. The molecule has 0 bridgehead atoms. The van der Waals surface area contributed by atoms with Crippen molar-refractivity contribution >= 4 is 17.2 Å². The number of hydrogen-bond donors (Lipinski definition) is 0. The maximum Gasteiger partial charge on any atom is 0.0991 e. The van der Waals surface area contributed by atoms with E-state index in [2.05, 4.69) is 6.07 Å². The Labute approximate surface area is 120 Å². The van der Waals surface area contributed by atoms with Gasteiger partial charge in [-0.1, -0.05) is 41.0 Å². The predicted molar refractivity (Wildman–Crippen MR) is 82.8 cm³/mol. The van der Waals surface area contributed by atoms with Gasteiger partial charge in [0.2, 0.25) is 0 Å². The molecule has 0 aliphatic carbocycles. The molecule has 0 aliphatic heterocycles. The number of rotatable bonds is 3. The molecule has 1 rings (SSSR count). The van der Waals surface area contributed by atoms with E-state index in [1.54, 1.807) is 0 Å². The molecule has 19 heavy (non-hydrogen) atoms. The van der Waals surface area contributed by atoms with Crippen LogP contribution < -0.4 is 0 Å². The SMILES string of the molecule is C/C=C(C)\C=C(\Cl)C(=C(C)C)c1ccc(C#N)cc1. The van der Waals surface area contributed by atoms with Gasteiger partial charge in [-0.25, -0.2) is 0 Å². The maximum absolute atomic E-state index is 8.83. The molecule has 0 unspecified atom stereocenters. The Morgan fingerprint density at radius 2 is 1.74 bits per heavy atom. The van der Waals surface area contributed by atoms with Gasteiger partial charge in [0.15, 0.2) is 0 Å². The summed E-state index contributed by atoms with van der Waals surface area (Å²) in [5.74, 6) is 0. The summed E-state index contributed by atoms with van der Waals surface area (Å²) < 4.78 is 0. The topological polar surface area (TPSA) is 23.8 Å². The van der Waals surface area contributed by atoms with Crippen molar-refractivity contribution < 1.29 is 0 Å². The molecule has 0 aromatic heterocycles. The van der Waals surface area contributed by atoms with Crippen molar-refractivity contribution in [2.45, 2.75) is 27.7 Å². The molecular formula is C17H18ClN. The van der Waals surface area contributed by atoms with Gasteiger partial charge in [-0.15, -0.1) is 0 Å². The summed E-state index contributed by atoms with van der Waals surface area (Å²) in [5.41, 5.74) is 4.98. The average molecular weight is 272 g/mol. The van der Waals surface area contributed by atoms with Crippen molar-refractivity contribution in [2.24, 2.45) is 0 Å². The third kappa shape index (κ3) is 4.12. The molecule has 0 aliphatic rings. The van der Waals surface area contributed by atoms with Crippen LogP contribution in [0.2, 0.25) is 0 Å². The fourth-order valence-electron chi connectivity index (χ4n) is 1.73. The number of nitriles is 1. The molecule has 0 N–H and O–H groups in total. The Balaban J connectivity index is 3.27. The summed E-state index contributed by atoms with van der Waals surface area (Å²) in [5, 5.41) is 9.55. The van der Waals surface area contributed by atoms with E-state index in [4.69, 9.17) is 16.9 Å². The van der Waals surface area contributed by atoms with E-state index in [1.807, 2.05) is 64.1 Å². The largest absolute Gasteiger partial charge is 0.192 e. The van der Waals surface area contributed by atoms with Gasteiger partial charge in [-0.05, 0) is 57.0 Å². The molecule has 0 radical (unpaired) electrons. The van der Waals surface area contributed by atoms with Gasteiger partial charge in [0.05, 0.1) is 11.6 Å². The molecule has 0 saturated carbocycles. The van der Waals surface area contributed by atoms with Crippen molar-refractivity contribution in [3.8, 4) is 6.07 Å². The Kier molecular flexibility index (Phi) is 5.60. The first-order chi connectivity index (χ1) is 8.99. The summed E-state index contributed by atoms with van der Waals surface area (Å²) in [6.07, 6.45) is 3.98. The van der Waals surface area contributed by atoms with Gasteiger partial charge in [-0.3, -0.25) is 0 Å². The Bertz CT molecular complexity index is 577. The van der Waals surface area contributed by atoms with Crippen LogP contribution in [0.15, 0.2) is 52.6 Å². The molecule has 0 spiro atoms. The number of halogens is 1.